The van der Waals surface area contributed by atoms with Crippen molar-refractivity contribution in [3.05, 3.63) is 31.9 Å². The molecule has 1 N–H and O–H groups in total. The van der Waals surface area contributed by atoms with Crippen LogP contribution in [0.2, 0.25) is 0 Å². The largest absolute Gasteiger partial charge is 0.349 e. The Morgan fingerprint density at radius 3 is 3.00 bits per heavy atom. The fourth-order valence-electron chi connectivity index (χ4n) is 3.54. The van der Waals surface area contributed by atoms with Crippen molar-refractivity contribution in [2.75, 3.05) is 0 Å². The van der Waals surface area contributed by atoms with E-state index in [-0.39, 0.29) is 17.5 Å². The van der Waals surface area contributed by atoms with Gasteiger partial charge in [-0.2, -0.15) is 5.10 Å². The molecule has 0 saturated carbocycles. The normalized spacial score (nSPS) is 19.6. The van der Waals surface area contributed by atoms with E-state index in [9.17, 15) is 9.59 Å². The molecule has 1 amide bonds. The second-order valence-corrected chi connectivity index (χ2v) is 7.74. The number of aryl methyl sites for hydroxylation is 4. The van der Waals surface area contributed by atoms with Gasteiger partial charge in [0, 0.05) is 24.9 Å². The first kappa shape index (κ1) is 15.6. The highest BCUT2D eigenvalue weighted by Crippen LogP contribution is 2.26. The van der Waals surface area contributed by atoms with Gasteiger partial charge in [0.15, 0.2) is 0 Å². The lowest BCUT2D eigenvalue weighted by Gasteiger charge is -2.21. The SMILES string of the molecule is Cn1nc2n(c1=O)C[C@H](C(=O)NCc1nc3c(s1)CCCC3)CC2. The van der Waals surface area contributed by atoms with Gasteiger partial charge in [-0.15, -0.1) is 11.3 Å². The Morgan fingerprint density at radius 1 is 1.33 bits per heavy atom. The number of hydrogen-bond acceptors (Lipinski definition) is 5. The monoisotopic (exact) mass is 347 g/mol. The number of nitrogens with zero attached hydrogens (tertiary/aromatic N) is 4. The average molecular weight is 347 g/mol. The molecule has 3 heterocycles. The molecule has 4 rings (SSSR count). The van der Waals surface area contributed by atoms with Crippen molar-refractivity contribution in [1.82, 2.24) is 24.6 Å². The Balaban J connectivity index is 1.39. The Kier molecular flexibility index (Phi) is 3.99. The highest BCUT2D eigenvalue weighted by atomic mass is 32.1. The van der Waals surface area contributed by atoms with Crippen molar-refractivity contribution in [2.24, 2.45) is 13.0 Å². The minimum absolute atomic E-state index is 0.00424. The van der Waals surface area contributed by atoms with Crippen LogP contribution in [-0.2, 0) is 44.2 Å². The van der Waals surface area contributed by atoms with E-state index >= 15 is 0 Å². The molecule has 0 radical (unpaired) electrons. The van der Waals surface area contributed by atoms with Crippen LogP contribution in [0.4, 0.5) is 0 Å². The van der Waals surface area contributed by atoms with E-state index in [0.29, 0.717) is 19.5 Å². The molecule has 0 fully saturated rings. The molecule has 0 unspecified atom stereocenters. The van der Waals surface area contributed by atoms with Crippen molar-refractivity contribution >= 4 is 17.2 Å². The molecule has 1 aliphatic carbocycles. The van der Waals surface area contributed by atoms with Gasteiger partial charge in [0.2, 0.25) is 5.91 Å². The average Bonchev–Trinajstić information content (AvgIpc) is 3.13. The third kappa shape index (κ3) is 2.79. The molecule has 0 saturated heterocycles. The van der Waals surface area contributed by atoms with E-state index in [0.717, 1.165) is 30.1 Å². The Labute approximate surface area is 143 Å². The summed E-state index contributed by atoms with van der Waals surface area (Å²) in [5.74, 6) is 0.609. The quantitative estimate of drug-likeness (QED) is 0.890. The maximum Gasteiger partial charge on any atom is 0.345 e. The summed E-state index contributed by atoms with van der Waals surface area (Å²) in [5.41, 5.74) is 1.08. The van der Waals surface area contributed by atoms with Crippen LogP contribution in [0.5, 0.6) is 0 Å². The third-order valence-corrected chi connectivity index (χ3v) is 6.04. The van der Waals surface area contributed by atoms with Crippen molar-refractivity contribution in [1.29, 1.82) is 0 Å². The fourth-order valence-corrected chi connectivity index (χ4v) is 4.64. The second kappa shape index (κ2) is 6.16. The van der Waals surface area contributed by atoms with Crippen molar-refractivity contribution in [3.63, 3.8) is 0 Å². The van der Waals surface area contributed by atoms with Crippen LogP contribution in [0.1, 0.15) is 40.7 Å². The minimum Gasteiger partial charge on any atom is -0.349 e. The third-order valence-electron chi connectivity index (χ3n) is 4.88. The van der Waals surface area contributed by atoms with Gasteiger partial charge in [-0.05, 0) is 32.1 Å². The maximum atomic E-state index is 12.5. The summed E-state index contributed by atoms with van der Waals surface area (Å²) in [6.07, 6.45) is 6.04. The topological polar surface area (TPSA) is 81.8 Å². The van der Waals surface area contributed by atoms with E-state index < -0.39 is 0 Å². The Bertz CT molecular complexity index is 811. The lowest BCUT2D eigenvalue weighted by Crippen LogP contribution is -2.38. The molecule has 0 aromatic carbocycles. The van der Waals surface area contributed by atoms with E-state index in [2.05, 4.69) is 15.4 Å². The number of hydrogen-bond donors (Lipinski definition) is 1. The molecular formula is C16H21N5O2S. The summed E-state index contributed by atoms with van der Waals surface area (Å²) in [6.45, 7) is 0.907. The maximum absolute atomic E-state index is 12.5. The van der Waals surface area contributed by atoms with Crippen molar-refractivity contribution < 1.29 is 4.79 Å². The highest BCUT2D eigenvalue weighted by molar-refractivity contribution is 7.11. The van der Waals surface area contributed by atoms with Gasteiger partial charge in [-0.1, -0.05) is 0 Å². The molecule has 2 aliphatic rings. The number of aromatic nitrogens is 4. The molecule has 1 atom stereocenters. The summed E-state index contributed by atoms with van der Waals surface area (Å²) < 4.78 is 2.96. The van der Waals surface area contributed by atoms with Crippen LogP contribution in [0.25, 0.3) is 0 Å². The van der Waals surface area contributed by atoms with Crippen LogP contribution < -0.4 is 11.0 Å². The molecule has 8 heteroatoms. The van der Waals surface area contributed by atoms with Gasteiger partial charge in [-0.25, -0.2) is 14.5 Å². The van der Waals surface area contributed by atoms with E-state index in [1.807, 2.05) is 0 Å². The van der Waals surface area contributed by atoms with Crippen LogP contribution in [0, 0.1) is 5.92 Å². The van der Waals surface area contributed by atoms with Crippen LogP contribution in [0.3, 0.4) is 0 Å². The smallest absolute Gasteiger partial charge is 0.345 e. The summed E-state index contributed by atoms with van der Waals surface area (Å²) in [5, 5.41) is 8.19. The number of carbonyl (C=O) groups is 1. The molecule has 24 heavy (non-hydrogen) atoms. The predicted molar refractivity (Wildman–Crippen MR) is 89.9 cm³/mol. The number of thiazole rings is 1. The summed E-state index contributed by atoms with van der Waals surface area (Å²) in [4.78, 5) is 30.5. The molecule has 1 aliphatic heterocycles. The van der Waals surface area contributed by atoms with Crippen LogP contribution >= 0.6 is 11.3 Å². The second-order valence-electron chi connectivity index (χ2n) is 6.57. The predicted octanol–water partition coefficient (Wildman–Crippen LogP) is 0.796. The Hall–Kier alpha value is -1.96. The highest BCUT2D eigenvalue weighted by Gasteiger charge is 2.27. The molecule has 2 aromatic heterocycles. The number of carbonyl (C=O) groups excluding carboxylic acids is 1. The number of rotatable bonds is 3. The van der Waals surface area contributed by atoms with Crippen LogP contribution in [0.15, 0.2) is 4.79 Å². The molecular weight excluding hydrogens is 326 g/mol. The summed E-state index contributed by atoms with van der Waals surface area (Å²) in [6, 6.07) is 0. The van der Waals surface area contributed by atoms with Crippen LogP contribution in [-0.4, -0.2) is 25.2 Å². The first-order valence-corrected chi connectivity index (χ1v) is 9.31. The van der Waals surface area contributed by atoms with Gasteiger partial charge in [-0.3, -0.25) is 9.36 Å². The number of amides is 1. The van der Waals surface area contributed by atoms with Crippen molar-refractivity contribution in [2.45, 2.75) is 51.6 Å². The van der Waals surface area contributed by atoms with Gasteiger partial charge in [0.25, 0.3) is 0 Å². The van der Waals surface area contributed by atoms with Gasteiger partial charge in [0.05, 0.1) is 18.2 Å². The standard InChI is InChI=1S/C16H21N5O2S/c1-20-16(23)21-9-10(6-7-13(21)19-20)15(22)17-8-14-18-11-4-2-3-5-12(11)24-14/h10H,2-9H2,1H3,(H,17,22)/t10-/m1/s1. The first-order valence-electron chi connectivity index (χ1n) is 8.49. The number of nitrogens with one attached hydrogen (secondary N) is 1. The van der Waals surface area contributed by atoms with Crippen molar-refractivity contribution in [3.8, 4) is 0 Å². The van der Waals surface area contributed by atoms with Gasteiger partial charge >= 0.3 is 5.69 Å². The lowest BCUT2D eigenvalue weighted by atomic mass is 9.98. The molecule has 7 nitrogen and oxygen atoms in total. The fraction of sp³-hybridized carbons (Fsp3) is 0.625. The number of fused-ring (bicyclic) bond motifs is 2. The minimum atomic E-state index is -0.172. The summed E-state index contributed by atoms with van der Waals surface area (Å²) in [7, 11) is 1.65. The lowest BCUT2D eigenvalue weighted by molar-refractivity contribution is -0.126. The van der Waals surface area contributed by atoms with Gasteiger partial charge < -0.3 is 5.32 Å². The van der Waals surface area contributed by atoms with E-state index in [4.69, 9.17) is 0 Å². The zero-order chi connectivity index (χ0) is 16.7. The molecule has 2 aromatic rings. The van der Waals surface area contributed by atoms with Gasteiger partial charge in [0.1, 0.15) is 10.8 Å². The van der Waals surface area contributed by atoms with E-state index in [1.54, 1.807) is 23.0 Å². The van der Waals surface area contributed by atoms with E-state index in [1.165, 1.54) is 28.1 Å². The molecule has 0 spiro atoms. The zero-order valence-corrected chi connectivity index (χ0v) is 14.6. The molecule has 128 valence electrons. The zero-order valence-electron chi connectivity index (χ0n) is 13.7. The molecule has 0 bridgehead atoms. The Morgan fingerprint density at radius 2 is 2.17 bits per heavy atom. The first-order chi connectivity index (χ1) is 11.6. The summed E-state index contributed by atoms with van der Waals surface area (Å²) >= 11 is 1.72.